The van der Waals surface area contributed by atoms with Crippen LogP contribution in [0.3, 0.4) is 0 Å². The summed E-state index contributed by atoms with van der Waals surface area (Å²) in [5.41, 5.74) is 0.877. The molecule has 1 N–H and O–H groups in total. The number of rotatable bonds is 2. The van der Waals surface area contributed by atoms with E-state index in [1.807, 2.05) is 18.2 Å². The SMILES string of the molecule is O=C(O)[C@@H]1C[C@H]1c1cccc(Br)n1. The first-order valence-corrected chi connectivity index (χ1v) is 4.83. The third-order valence-electron chi connectivity index (χ3n) is 2.22. The molecule has 1 aliphatic rings. The van der Waals surface area contributed by atoms with Crippen molar-refractivity contribution < 1.29 is 9.90 Å². The zero-order chi connectivity index (χ0) is 9.42. The Hall–Kier alpha value is -0.900. The summed E-state index contributed by atoms with van der Waals surface area (Å²) in [5, 5.41) is 8.71. The summed E-state index contributed by atoms with van der Waals surface area (Å²) in [6.45, 7) is 0. The number of hydrogen-bond acceptors (Lipinski definition) is 2. The zero-order valence-electron chi connectivity index (χ0n) is 6.77. The van der Waals surface area contributed by atoms with Gasteiger partial charge in [-0.3, -0.25) is 4.79 Å². The maximum absolute atomic E-state index is 10.6. The first-order chi connectivity index (χ1) is 6.18. The van der Waals surface area contributed by atoms with Crippen molar-refractivity contribution in [3.8, 4) is 0 Å². The van der Waals surface area contributed by atoms with Gasteiger partial charge in [0.15, 0.2) is 0 Å². The summed E-state index contributed by atoms with van der Waals surface area (Å²) in [5.74, 6) is -0.816. The van der Waals surface area contributed by atoms with Gasteiger partial charge in [-0.15, -0.1) is 0 Å². The Balaban J connectivity index is 2.16. The summed E-state index contributed by atoms with van der Waals surface area (Å²) in [6, 6.07) is 5.59. The lowest BCUT2D eigenvalue weighted by molar-refractivity contribution is -0.138. The lowest BCUT2D eigenvalue weighted by atomic mass is 10.2. The van der Waals surface area contributed by atoms with E-state index in [1.54, 1.807) is 0 Å². The largest absolute Gasteiger partial charge is 0.481 e. The van der Waals surface area contributed by atoms with Crippen LogP contribution in [0.1, 0.15) is 18.0 Å². The number of carboxylic acids is 1. The number of aliphatic carboxylic acids is 1. The first kappa shape index (κ1) is 8.69. The highest BCUT2D eigenvalue weighted by atomic mass is 79.9. The Morgan fingerprint density at radius 3 is 2.92 bits per heavy atom. The summed E-state index contributed by atoms with van der Waals surface area (Å²) in [7, 11) is 0. The van der Waals surface area contributed by atoms with Gasteiger partial charge in [-0.1, -0.05) is 6.07 Å². The molecule has 1 fully saturated rings. The predicted molar refractivity (Wildman–Crippen MR) is 50.4 cm³/mol. The monoisotopic (exact) mass is 241 g/mol. The normalized spacial score (nSPS) is 25.6. The van der Waals surface area contributed by atoms with E-state index in [9.17, 15) is 4.79 Å². The van der Waals surface area contributed by atoms with Gasteiger partial charge in [-0.2, -0.15) is 0 Å². The number of pyridine rings is 1. The van der Waals surface area contributed by atoms with Crippen molar-refractivity contribution in [2.75, 3.05) is 0 Å². The van der Waals surface area contributed by atoms with Gasteiger partial charge >= 0.3 is 5.97 Å². The Morgan fingerprint density at radius 2 is 2.38 bits per heavy atom. The van der Waals surface area contributed by atoms with Crippen molar-refractivity contribution in [3.63, 3.8) is 0 Å². The van der Waals surface area contributed by atoms with E-state index >= 15 is 0 Å². The van der Waals surface area contributed by atoms with E-state index in [1.165, 1.54) is 0 Å². The molecule has 0 saturated heterocycles. The molecule has 2 rings (SSSR count). The van der Waals surface area contributed by atoms with E-state index in [-0.39, 0.29) is 11.8 Å². The highest BCUT2D eigenvalue weighted by Crippen LogP contribution is 2.46. The fraction of sp³-hybridized carbons (Fsp3) is 0.333. The Morgan fingerprint density at radius 1 is 1.62 bits per heavy atom. The molecule has 1 heterocycles. The van der Waals surface area contributed by atoms with Crippen LogP contribution in [0.25, 0.3) is 0 Å². The molecule has 0 radical (unpaired) electrons. The van der Waals surface area contributed by atoms with Crippen LogP contribution in [0, 0.1) is 5.92 Å². The lowest BCUT2D eigenvalue weighted by Crippen LogP contribution is -1.99. The van der Waals surface area contributed by atoms with Gasteiger partial charge in [0.05, 0.1) is 5.92 Å². The van der Waals surface area contributed by atoms with Gasteiger partial charge in [0.1, 0.15) is 4.60 Å². The fourth-order valence-corrected chi connectivity index (χ4v) is 1.78. The molecular weight excluding hydrogens is 234 g/mol. The summed E-state index contributed by atoms with van der Waals surface area (Å²) in [6.07, 6.45) is 0.721. The molecule has 0 unspecified atom stereocenters. The van der Waals surface area contributed by atoms with Gasteiger partial charge in [-0.05, 0) is 34.5 Å². The van der Waals surface area contributed by atoms with Crippen LogP contribution in [0.2, 0.25) is 0 Å². The number of hydrogen-bond donors (Lipinski definition) is 1. The van der Waals surface area contributed by atoms with E-state index in [4.69, 9.17) is 5.11 Å². The Bertz CT molecular complexity index is 353. The molecule has 13 heavy (non-hydrogen) atoms. The number of carboxylic acid groups (broad SMARTS) is 1. The van der Waals surface area contributed by atoms with Crippen molar-refractivity contribution in [2.24, 2.45) is 5.92 Å². The minimum atomic E-state index is -0.716. The Kier molecular flexibility index (Phi) is 2.07. The van der Waals surface area contributed by atoms with Crippen LogP contribution in [-0.2, 0) is 4.79 Å². The fourth-order valence-electron chi connectivity index (χ4n) is 1.43. The third-order valence-corrected chi connectivity index (χ3v) is 2.67. The zero-order valence-corrected chi connectivity index (χ0v) is 8.36. The first-order valence-electron chi connectivity index (χ1n) is 4.04. The van der Waals surface area contributed by atoms with Gasteiger partial charge < -0.3 is 5.11 Å². The average Bonchev–Trinajstić information content (AvgIpc) is 2.82. The van der Waals surface area contributed by atoms with Gasteiger partial charge in [0.25, 0.3) is 0 Å². The number of carbonyl (C=O) groups is 1. The van der Waals surface area contributed by atoms with Gasteiger partial charge in [0.2, 0.25) is 0 Å². The summed E-state index contributed by atoms with van der Waals surface area (Å²) >= 11 is 3.26. The molecule has 2 atom stereocenters. The molecule has 1 aliphatic carbocycles. The minimum Gasteiger partial charge on any atom is -0.481 e. The van der Waals surface area contributed by atoms with Crippen LogP contribution in [-0.4, -0.2) is 16.1 Å². The second-order valence-electron chi connectivity index (χ2n) is 3.17. The molecule has 4 heteroatoms. The van der Waals surface area contributed by atoms with E-state index in [0.29, 0.717) is 0 Å². The van der Waals surface area contributed by atoms with Crippen molar-refractivity contribution >= 4 is 21.9 Å². The molecule has 3 nitrogen and oxygen atoms in total. The quantitative estimate of drug-likeness (QED) is 0.807. The second kappa shape index (κ2) is 3.10. The third kappa shape index (κ3) is 1.72. The van der Waals surface area contributed by atoms with Crippen molar-refractivity contribution in [1.82, 2.24) is 4.98 Å². The molecule has 0 bridgehead atoms. The number of nitrogens with zero attached hydrogens (tertiary/aromatic N) is 1. The molecule has 1 aromatic rings. The highest BCUT2D eigenvalue weighted by molar-refractivity contribution is 9.10. The van der Waals surface area contributed by atoms with Crippen molar-refractivity contribution in [3.05, 3.63) is 28.5 Å². The van der Waals surface area contributed by atoms with Crippen LogP contribution < -0.4 is 0 Å². The Labute approximate surface area is 83.9 Å². The smallest absolute Gasteiger partial charge is 0.307 e. The highest BCUT2D eigenvalue weighted by Gasteiger charge is 2.45. The topological polar surface area (TPSA) is 50.2 Å². The standard InChI is InChI=1S/C9H8BrNO2/c10-8-3-1-2-7(11-8)5-4-6(5)9(12)13/h1-3,5-6H,4H2,(H,12,13)/t5-,6-/m1/s1. The van der Waals surface area contributed by atoms with Crippen LogP contribution in [0.15, 0.2) is 22.8 Å². The van der Waals surface area contributed by atoms with Crippen LogP contribution in [0.4, 0.5) is 0 Å². The van der Waals surface area contributed by atoms with Crippen molar-refractivity contribution in [2.45, 2.75) is 12.3 Å². The molecule has 1 aromatic heterocycles. The molecule has 0 aliphatic heterocycles. The molecule has 0 amide bonds. The van der Waals surface area contributed by atoms with Crippen LogP contribution in [0.5, 0.6) is 0 Å². The van der Waals surface area contributed by atoms with Gasteiger partial charge in [-0.25, -0.2) is 4.98 Å². The molecular formula is C9H8BrNO2. The molecule has 0 aromatic carbocycles. The predicted octanol–water partition coefficient (Wildman–Crippen LogP) is 2.03. The number of halogens is 1. The van der Waals surface area contributed by atoms with E-state index in [2.05, 4.69) is 20.9 Å². The second-order valence-corrected chi connectivity index (χ2v) is 3.98. The lowest BCUT2D eigenvalue weighted by Gasteiger charge is -1.97. The maximum Gasteiger partial charge on any atom is 0.307 e. The summed E-state index contributed by atoms with van der Waals surface area (Å²) in [4.78, 5) is 14.8. The van der Waals surface area contributed by atoms with Crippen molar-refractivity contribution in [1.29, 1.82) is 0 Å². The average molecular weight is 242 g/mol. The molecule has 0 spiro atoms. The van der Waals surface area contributed by atoms with E-state index in [0.717, 1.165) is 16.7 Å². The van der Waals surface area contributed by atoms with Crippen LogP contribution >= 0.6 is 15.9 Å². The maximum atomic E-state index is 10.6. The molecule has 68 valence electrons. The minimum absolute atomic E-state index is 0.120. The molecule has 1 saturated carbocycles. The van der Waals surface area contributed by atoms with E-state index < -0.39 is 5.97 Å². The van der Waals surface area contributed by atoms with Gasteiger partial charge in [0, 0.05) is 11.6 Å². The summed E-state index contributed by atoms with van der Waals surface area (Å²) < 4.78 is 0.765. The number of aromatic nitrogens is 1.